The molecule has 17 heavy (non-hydrogen) atoms. The Morgan fingerprint density at radius 3 is 2.88 bits per heavy atom. The molecule has 1 aromatic rings. The van der Waals surface area contributed by atoms with Gasteiger partial charge in [-0.25, -0.2) is 0 Å². The Bertz CT molecular complexity index is 361. The summed E-state index contributed by atoms with van der Waals surface area (Å²) in [6, 6.07) is 6.12. The lowest BCUT2D eigenvalue weighted by Crippen LogP contribution is -2.23. The van der Waals surface area contributed by atoms with E-state index in [1.807, 2.05) is 6.07 Å². The van der Waals surface area contributed by atoms with Crippen LogP contribution < -0.4 is 5.32 Å². The number of nitrogens with one attached hydrogen (secondary N) is 1. The molecule has 0 saturated carbocycles. The van der Waals surface area contributed by atoms with Crippen LogP contribution in [-0.4, -0.2) is 19.3 Å². The third kappa shape index (κ3) is 3.98. The molecule has 3 rings (SSSR count). The summed E-state index contributed by atoms with van der Waals surface area (Å²) in [6.07, 6.45) is 4.18. The predicted molar refractivity (Wildman–Crippen MR) is 71.5 cm³/mol. The molecule has 2 aliphatic heterocycles. The lowest BCUT2D eigenvalue weighted by molar-refractivity contribution is 0.125. The van der Waals surface area contributed by atoms with Gasteiger partial charge in [0.2, 0.25) is 0 Å². The standard InChI is InChI=1S/C9H10ClN.C5H10O/c10-9-2-1-8-6-11-4-3-7(8)5-9;1-5-3-2-4-6-5/h1-2,5,11H,3-4,6H2;5H,2-4H2,1H3. The predicted octanol–water partition coefficient (Wildman–Crippen LogP) is 3.17. The second-order valence-corrected chi connectivity index (χ2v) is 5.10. The SMILES string of the molecule is CC1CCCO1.Clc1ccc2c(c1)CCNC2. The van der Waals surface area contributed by atoms with Gasteiger partial charge in [0.15, 0.2) is 0 Å². The van der Waals surface area contributed by atoms with Crippen LogP contribution in [0, 0.1) is 0 Å². The fourth-order valence-corrected chi connectivity index (χ4v) is 2.38. The van der Waals surface area contributed by atoms with Gasteiger partial charge in [0.05, 0.1) is 6.10 Å². The van der Waals surface area contributed by atoms with E-state index in [9.17, 15) is 0 Å². The van der Waals surface area contributed by atoms with Gasteiger partial charge in [0.1, 0.15) is 0 Å². The molecule has 0 aromatic heterocycles. The second-order valence-electron chi connectivity index (χ2n) is 4.66. The number of halogens is 1. The minimum absolute atomic E-state index is 0.546. The van der Waals surface area contributed by atoms with Crippen LogP contribution in [-0.2, 0) is 17.7 Å². The van der Waals surface area contributed by atoms with Crippen LogP contribution in [0.2, 0.25) is 5.02 Å². The van der Waals surface area contributed by atoms with Crippen LogP contribution in [0.4, 0.5) is 0 Å². The maximum absolute atomic E-state index is 5.86. The van der Waals surface area contributed by atoms with Gasteiger partial charge in [-0.2, -0.15) is 0 Å². The van der Waals surface area contributed by atoms with Crippen LogP contribution in [0.25, 0.3) is 0 Å². The average molecular weight is 254 g/mol. The monoisotopic (exact) mass is 253 g/mol. The summed E-state index contributed by atoms with van der Waals surface area (Å²) in [4.78, 5) is 0. The van der Waals surface area contributed by atoms with E-state index in [0.717, 1.165) is 31.1 Å². The van der Waals surface area contributed by atoms with Crippen molar-refractivity contribution in [3.8, 4) is 0 Å². The van der Waals surface area contributed by atoms with E-state index in [2.05, 4.69) is 24.4 Å². The highest BCUT2D eigenvalue weighted by molar-refractivity contribution is 6.30. The van der Waals surface area contributed by atoms with Gasteiger partial charge in [-0.15, -0.1) is 0 Å². The topological polar surface area (TPSA) is 21.3 Å². The third-order valence-corrected chi connectivity index (χ3v) is 3.45. The Morgan fingerprint density at radius 1 is 1.35 bits per heavy atom. The van der Waals surface area contributed by atoms with Crippen molar-refractivity contribution < 1.29 is 4.74 Å². The van der Waals surface area contributed by atoms with E-state index in [1.54, 1.807) is 0 Å². The molecule has 0 amide bonds. The minimum atomic E-state index is 0.546. The fourth-order valence-electron chi connectivity index (χ4n) is 2.18. The maximum atomic E-state index is 5.86. The van der Waals surface area contributed by atoms with Crippen LogP contribution in [0.15, 0.2) is 18.2 Å². The Hall–Kier alpha value is -0.570. The summed E-state index contributed by atoms with van der Waals surface area (Å²) < 4.78 is 5.15. The Labute approximate surface area is 108 Å². The molecule has 2 heterocycles. The highest BCUT2D eigenvalue weighted by Crippen LogP contribution is 2.18. The summed E-state index contributed by atoms with van der Waals surface area (Å²) in [5.74, 6) is 0. The van der Waals surface area contributed by atoms with E-state index in [0.29, 0.717) is 6.10 Å². The van der Waals surface area contributed by atoms with Crippen molar-refractivity contribution in [2.75, 3.05) is 13.2 Å². The second kappa shape index (κ2) is 6.39. The largest absolute Gasteiger partial charge is 0.379 e. The maximum Gasteiger partial charge on any atom is 0.0547 e. The summed E-state index contributed by atoms with van der Waals surface area (Å²) in [6.45, 7) is 5.17. The van der Waals surface area contributed by atoms with Crippen molar-refractivity contribution in [2.24, 2.45) is 0 Å². The molecule has 0 radical (unpaired) electrons. The number of ether oxygens (including phenoxy) is 1. The summed E-state index contributed by atoms with van der Waals surface area (Å²) >= 11 is 5.86. The lowest BCUT2D eigenvalue weighted by atomic mass is 10.0. The zero-order chi connectivity index (χ0) is 12.1. The van der Waals surface area contributed by atoms with E-state index >= 15 is 0 Å². The van der Waals surface area contributed by atoms with Crippen molar-refractivity contribution in [3.63, 3.8) is 0 Å². The van der Waals surface area contributed by atoms with Gasteiger partial charge < -0.3 is 10.1 Å². The number of fused-ring (bicyclic) bond motifs is 1. The molecule has 1 N–H and O–H groups in total. The van der Waals surface area contributed by atoms with Crippen LogP contribution in [0.1, 0.15) is 30.9 Å². The van der Waals surface area contributed by atoms with Crippen LogP contribution >= 0.6 is 11.6 Å². The van der Waals surface area contributed by atoms with E-state index in [1.165, 1.54) is 24.0 Å². The first-order valence-electron chi connectivity index (χ1n) is 6.35. The van der Waals surface area contributed by atoms with E-state index in [4.69, 9.17) is 16.3 Å². The molecule has 0 aliphatic carbocycles. The van der Waals surface area contributed by atoms with Crippen molar-refractivity contribution in [3.05, 3.63) is 34.3 Å². The average Bonchev–Trinajstić information content (AvgIpc) is 2.81. The van der Waals surface area contributed by atoms with Gasteiger partial charge in [-0.1, -0.05) is 17.7 Å². The highest BCUT2D eigenvalue weighted by atomic mass is 35.5. The molecule has 1 unspecified atom stereocenters. The van der Waals surface area contributed by atoms with Gasteiger partial charge in [-0.05, 0) is 56.0 Å². The van der Waals surface area contributed by atoms with Crippen LogP contribution in [0.3, 0.4) is 0 Å². The van der Waals surface area contributed by atoms with Gasteiger partial charge in [-0.3, -0.25) is 0 Å². The van der Waals surface area contributed by atoms with E-state index < -0.39 is 0 Å². The quantitative estimate of drug-likeness (QED) is 0.767. The zero-order valence-corrected chi connectivity index (χ0v) is 11.1. The molecule has 0 bridgehead atoms. The zero-order valence-electron chi connectivity index (χ0n) is 10.3. The van der Waals surface area contributed by atoms with Gasteiger partial charge >= 0.3 is 0 Å². The van der Waals surface area contributed by atoms with Crippen molar-refractivity contribution in [1.82, 2.24) is 5.32 Å². The third-order valence-electron chi connectivity index (χ3n) is 3.21. The first kappa shape index (κ1) is 12.9. The molecule has 1 saturated heterocycles. The normalized spacial score (nSPS) is 22.6. The molecule has 1 fully saturated rings. The fraction of sp³-hybridized carbons (Fsp3) is 0.571. The molecular formula is C14H20ClNO. The van der Waals surface area contributed by atoms with Crippen molar-refractivity contribution in [2.45, 2.75) is 38.8 Å². The highest BCUT2D eigenvalue weighted by Gasteiger charge is 2.07. The summed E-state index contributed by atoms with van der Waals surface area (Å²) in [5.41, 5.74) is 2.79. The molecule has 94 valence electrons. The molecule has 0 spiro atoms. The number of hydrogen-bond donors (Lipinski definition) is 1. The van der Waals surface area contributed by atoms with E-state index in [-0.39, 0.29) is 0 Å². The summed E-state index contributed by atoms with van der Waals surface area (Å²) in [7, 11) is 0. The molecule has 1 atom stereocenters. The first-order chi connectivity index (χ1) is 8.25. The van der Waals surface area contributed by atoms with Crippen LogP contribution in [0.5, 0.6) is 0 Å². The van der Waals surface area contributed by atoms with Gasteiger partial charge in [0.25, 0.3) is 0 Å². The molecule has 1 aromatic carbocycles. The lowest BCUT2D eigenvalue weighted by Gasteiger charge is -2.16. The first-order valence-corrected chi connectivity index (χ1v) is 6.73. The Morgan fingerprint density at radius 2 is 2.24 bits per heavy atom. The Kier molecular flexibility index (Phi) is 4.84. The smallest absolute Gasteiger partial charge is 0.0547 e. The number of benzene rings is 1. The molecular weight excluding hydrogens is 234 g/mol. The summed E-state index contributed by atoms with van der Waals surface area (Å²) in [5, 5.41) is 4.17. The Balaban J connectivity index is 0.000000153. The number of rotatable bonds is 0. The minimum Gasteiger partial charge on any atom is -0.379 e. The molecule has 2 nitrogen and oxygen atoms in total. The molecule has 2 aliphatic rings. The van der Waals surface area contributed by atoms with Gasteiger partial charge in [0, 0.05) is 18.2 Å². The number of hydrogen-bond acceptors (Lipinski definition) is 2. The van der Waals surface area contributed by atoms with Crippen molar-refractivity contribution >= 4 is 11.6 Å². The molecule has 3 heteroatoms. The van der Waals surface area contributed by atoms with Crippen molar-refractivity contribution in [1.29, 1.82) is 0 Å².